The van der Waals surface area contributed by atoms with Gasteiger partial charge in [-0.1, -0.05) is 11.6 Å². The first kappa shape index (κ1) is 20.1. The number of benzene rings is 1. The van der Waals surface area contributed by atoms with Gasteiger partial charge in [-0.05, 0) is 19.9 Å². The van der Waals surface area contributed by atoms with Crippen LogP contribution in [0, 0.1) is 0 Å². The number of carbonyl (C=O) groups is 2. The normalized spacial score (nSPS) is 10.7. The molecule has 2 rings (SSSR count). The molecule has 0 bridgehead atoms. The van der Waals surface area contributed by atoms with Crippen molar-refractivity contribution in [3.63, 3.8) is 0 Å². The van der Waals surface area contributed by atoms with Gasteiger partial charge in [-0.25, -0.2) is 9.59 Å². The van der Waals surface area contributed by atoms with E-state index in [2.05, 4.69) is 0 Å². The quantitative estimate of drug-likeness (QED) is 0.581. The predicted molar refractivity (Wildman–Crippen MR) is 98.2 cm³/mol. The summed E-state index contributed by atoms with van der Waals surface area (Å²) in [6.45, 7) is 3.56. The fraction of sp³-hybridized carbons (Fsp3) is 0.235. The van der Waals surface area contributed by atoms with Crippen LogP contribution in [0.5, 0.6) is 11.5 Å². The van der Waals surface area contributed by atoms with Crippen LogP contribution in [-0.4, -0.2) is 40.3 Å². The topological polar surface area (TPSA) is 152 Å². The lowest BCUT2D eigenvalue weighted by atomic mass is 9.95. The second-order valence-corrected chi connectivity index (χ2v) is 6.16. The maximum absolute atomic E-state index is 12.1. The minimum atomic E-state index is -1.63. The van der Waals surface area contributed by atoms with Crippen LogP contribution in [0.4, 0.5) is 5.82 Å². The fourth-order valence-electron chi connectivity index (χ4n) is 2.55. The Bertz CT molecular complexity index is 982. The van der Waals surface area contributed by atoms with E-state index in [1.54, 1.807) is 13.8 Å². The molecule has 1 aromatic carbocycles. The highest BCUT2D eigenvalue weighted by Crippen LogP contribution is 2.41. The van der Waals surface area contributed by atoms with E-state index in [1.165, 1.54) is 19.2 Å². The number of pyridine rings is 1. The van der Waals surface area contributed by atoms with E-state index >= 15 is 0 Å². The molecule has 0 radical (unpaired) electrons. The number of nitrogen functional groups attached to an aromatic ring is 1. The molecule has 1 aromatic heterocycles. The molecule has 27 heavy (non-hydrogen) atoms. The second-order valence-electron chi connectivity index (χ2n) is 5.75. The van der Waals surface area contributed by atoms with Crippen LogP contribution >= 0.6 is 11.6 Å². The van der Waals surface area contributed by atoms with Gasteiger partial charge in [-0.2, -0.15) is 0 Å². The minimum absolute atomic E-state index is 0.0403. The standard InChI is InChI=1S/C17H17ClN2O7/c1-6(2)27-10-5-8(18)7(4-9(10)26-3)11-12(16(22)23)14(19)20-15(21)13(11)17(24)25/h4-6H,1-3H3,(H,22,23)(H,24,25)(H3,19,20,21). The van der Waals surface area contributed by atoms with E-state index in [4.69, 9.17) is 26.8 Å². The van der Waals surface area contributed by atoms with Crippen molar-refractivity contribution in [3.8, 4) is 22.6 Å². The number of aromatic amines is 1. The number of rotatable bonds is 6. The number of halogens is 1. The molecule has 0 saturated carbocycles. The number of anilines is 1. The Hall–Kier alpha value is -3.20. The van der Waals surface area contributed by atoms with Gasteiger partial charge in [-0.15, -0.1) is 0 Å². The molecular weight excluding hydrogens is 380 g/mol. The fourth-order valence-corrected chi connectivity index (χ4v) is 2.80. The van der Waals surface area contributed by atoms with Crippen LogP contribution in [0.25, 0.3) is 11.1 Å². The zero-order valence-electron chi connectivity index (χ0n) is 14.6. The summed E-state index contributed by atoms with van der Waals surface area (Å²) >= 11 is 6.26. The molecule has 144 valence electrons. The Morgan fingerprint density at radius 3 is 2.22 bits per heavy atom. The zero-order chi connectivity index (χ0) is 20.5. The molecular formula is C17H17ClN2O7. The van der Waals surface area contributed by atoms with E-state index in [0.29, 0.717) is 0 Å². The van der Waals surface area contributed by atoms with Gasteiger partial charge in [-0.3, -0.25) is 4.79 Å². The number of ether oxygens (including phenoxy) is 2. The van der Waals surface area contributed by atoms with Crippen LogP contribution in [0.1, 0.15) is 34.6 Å². The van der Waals surface area contributed by atoms with Gasteiger partial charge in [0, 0.05) is 17.2 Å². The van der Waals surface area contributed by atoms with E-state index in [0.717, 1.165) is 0 Å². The summed E-state index contributed by atoms with van der Waals surface area (Å²) in [6, 6.07) is 2.65. The van der Waals surface area contributed by atoms with Crippen molar-refractivity contribution in [2.45, 2.75) is 20.0 Å². The summed E-state index contributed by atoms with van der Waals surface area (Å²) < 4.78 is 10.8. The highest BCUT2D eigenvalue weighted by Gasteiger charge is 2.28. The molecule has 0 amide bonds. The number of aromatic carboxylic acids is 2. The molecule has 5 N–H and O–H groups in total. The van der Waals surface area contributed by atoms with Crippen LogP contribution in [0.15, 0.2) is 16.9 Å². The number of methoxy groups -OCH3 is 1. The number of aromatic nitrogens is 1. The highest BCUT2D eigenvalue weighted by molar-refractivity contribution is 6.34. The lowest BCUT2D eigenvalue weighted by molar-refractivity contribution is 0.0695. The van der Waals surface area contributed by atoms with E-state index < -0.39 is 40.0 Å². The van der Waals surface area contributed by atoms with Crippen LogP contribution in [0.3, 0.4) is 0 Å². The average molecular weight is 397 g/mol. The molecule has 0 saturated heterocycles. The number of H-pyrrole nitrogens is 1. The summed E-state index contributed by atoms with van der Waals surface area (Å²) in [5, 5.41) is 18.9. The van der Waals surface area contributed by atoms with Crippen molar-refractivity contribution < 1.29 is 29.3 Å². The Labute approximate surface area is 158 Å². The Morgan fingerprint density at radius 2 is 1.74 bits per heavy atom. The lowest BCUT2D eigenvalue weighted by Gasteiger charge is -2.18. The van der Waals surface area contributed by atoms with Gasteiger partial charge in [0.15, 0.2) is 11.5 Å². The summed E-state index contributed by atoms with van der Waals surface area (Å²) in [6.07, 6.45) is -0.208. The number of nitrogens with one attached hydrogen (secondary N) is 1. The molecule has 1 heterocycles. The van der Waals surface area contributed by atoms with Gasteiger partial charge >= 0.3 is 11.9 Å². The molecule has 10 heteroatoms. The smallest absolute Gasteiger partial charge is 0.342 e. The number of carboxylic acids is 2. The lowest BCUT2D eigenvalue weighted by Crippen LogP contribution is -2.24. The van der Waals surface area contributed by atoms with E-state index in [9.17, 15) is 24.6 Å². The summed E-state index contributed by atoms with van der Waals surface area (Å²) in [4.78, 5) is 37.5. The molecule has 0 aliphatic heterocycles. The minimum Gasteiger partial charge on any atom is -0.493 e. The number of nitrogens with two attached hydrogens (primary N) is 1. The third-order valence-corrected chi connectivity index (χ3v) is 3.87. The van der Waals surface area contributed by atoms with Gasteiger partial charge in [0.05, 0.1) is 18.2 Å². The number of hydrogen-bond donors (Lipinski definition) is 4. The summed E-state index contributed by atoms with van der Waals surface area (Å²) in [5.74, 6) is -3.21. The van der Waals surface area contributed by atoms with Crippen LogP contribution in [-0.2, 0) is 0 Å². The van der Waals surface area contributed by atoms with Crippen LogP contribution < -0.4 is 20.8 Å². The van der Waals surface area contributed by atoms with E-state index in [-0.39, 0.29) is 28.2 Å². The summed E-state index contributed by atoms with van der Waals surface area (Å²) in [5.41, 5.74) is 2.70. The van der Waals surface area contributed by atoms with Crippen LogP contribution in [0.2, 0.25) is 5.02 Å². The number of carboxylic acid groups (broad SMARTS) is 2. The van der Waals surface area contributed by atoms with Gasteiger partial charge < -0.3 is 30.4 Å². The van der Waals surface area contributed by atoms with Crippen molar-refractivity contribution in [1.82, 2.24) is 4.98 Å². The summed E-state index contributed by atoms with van der Waals surface area (Å²) in [7, 11) is 1.35. The molecule has 0 atom stereocenters. The maximum Gasteiger partial charge on any atom is 0.342 e. The van der Waals surface area contributed by atoms with Crippen molar-refractivity contribution in [3.05, 3.63) is 38.6 Å². The van der Waals surface area contributed by atoms with Crippen molar-refractivity contribution in [2.24, 2.45) is 0 Å². The molecule has 2 aromatic rings. The first-order chi connectivity index (χ1) is 12.6. The van der Waals surface area contributed by atoms with Gasteiger partial charge in [0.1, 0.15) is 16.9 Å². The van der Waals surface area contributed by atoms with E-state index in [1.807, 2.05) is 4.98 Å². The van der Waals surface area contributed by atoms with Crippen molar-refractivity contribution in [1.29, 1.82) is 0 Å². The third kappa shape index (κ3) is 3.82. The van der Waals surface area contributed by atoms with Gasteiger partial charge in [0.2, 0.25) is 0 Å². The maximum atomic E-state index is 12.1. The van der Waals surface area contributed by atoms with Crippen molar-refractivity contribution in [2.75, 3.05) is 12.8 Å². The highest BCUT2D eigenvalue weighted by atomic mass is 35.5. The molecule has 0 fully saturated rings. The van der Waals surface area contributed by atoms with Crippen molar-refractivity contribution >= 4 is 29.4 Å². The second kappa shape index (κ2) is 7.58. The largest absolute Gasteiger partial charge is 0.493 e. The molecule has 0 unspecified atom stereocenters. The zero-order valence-corrected chi connectivity index (χ0v) is 15.4. The molecule has 0 aliphatic rings. The monoisotopic (exact) mass is 396 g/mol. The average Bonchev–Trinajstić information content (AvgIpc) is 2.52. The Kier molecular flexibility index (Phi) is 5.65. The molecule has 9 nitrogen and oxygen atoms in total. The first-order valence-electron chi connectivity index (χ1n) is 7.65. The first-order valence-corrected chi connectivity index (χ1v) is 8.03. The molecule has 0 aliphatic carbocycles. The SMILES string of the molecule is COc1cc(-c2c(C(=O)O)c(N)[nH]c(=O)c2C(=O)O)c(Cl)cc1OC(C)C. The molecule has 0 spiro atoms. The van der Waals surface area contributed by atoms with Gasteiger partial charge in [0.25, 0.3) is 5.56 Å². The number of hydrogen-bond acceptors (Lipinski definition) is 6. The Morgan fingerprint density at radius 1 is 1.15 bits per heavy atom. The Balaban J connectivity index is 2.95. The predicted octanol–water partition coefficient (Wildman–Crippen LogP) is 2.47. The third-order valence-electron chi connectivity index (χ3n) is 3.56.